The second kappa shape index (κ2) is 8.11. The number of nitrogens with one attached hydrogen (secondary N) is 1. The fraction of sp³-hybridized carbons (Fsp3) is 0.556. The van der Waals surface area contributed by atoms with Gasteiger partial charge >= 0.3 is 0 Å². The molecule has 0 bridgehead atoms. The number of benzene rings is 1. The Morgan fingerprint density at radius 3 is 2.43 bits per heavy atom. The van der Waals surface area contributed by atoms with Crippen molar-refractivity contribution in [3.63, 3.8) is 0 Å². The van der Waals surface area contributed by atoms with Gasteiger partial charge in [-0.05, 0) is 37.0 Å². The third kappa shape index (κ3) is 6.40. The van der Waals surface area contributed by atoms with E-state index in [0.717, 1.165) is 0 Å². The molecule has 128 valence electrons. The summed E-state index contributed by atoms with van der Waals surface area (Å²) in [5, 5.41) is 11.7. The first-order valence-corrected chi connectivity index (χ1v) is 7.91. The van der Waals surface area contributed by atoms with E-state index in [4.69, 9.17) is 5.11 Å². The van der Waals surface area contributed by atoms with Gasteiger partial charge in [-0.2, -0.15) is 0 Å². The Morgan fingerprint density at radius 2 is 1.87 bits per heavy atom. The molecule has 23 heavy (non-hydrogen) atoms. The SMILES string of the molecule is CC(CCO)NC(=O)c1cccc(C(=O)N(C)CC(C)(C)C)c1. The van der Waals surface area contributed by atoms with Gasteiger partial charge in [0.15, 0.2) is 0 Å². The lowest BCUT2D eigenvalue weighted by Crippen LogP contribution is -2.35. The van der Waals surface area contributed by atoms with E-state index in [1.807, 2.05) is 6.92 Å². The smallest absolute Gasteiger partial charge is 0.253 e. The third-order valence-electron chi connectivity index (χ3n) is 3.37. The Hall–Kier alpha value is -1.88. The second-order valence-corrected chi connectivity index (χ2v) is 7.19. The minimum Gasteiger partial charge on any atom is -0.396 e. The van der Waals surface area contributed by atoms with Gasteiger partial charge in [-0.3, -0.25) is 9.59 Å². The lowest BCUT2D eigenvalue weighted by atomic mass is 9.96. The molecule has 0 saturated carbocycles. The molecule has 0 aliphatic carbocycles. The monoisotopic (exact) mass is 320 g/mol. The van der Waals surface area contributed by atoms with Crippen LogP contribution in [0.25, 0.3) is 0 Å². The fourth-order valence-electron chi connectivity index (χ4n) is 2.37. The van der Waals surface area contributed by atoms with Gasteiger partial charge in [0.05, 0.1) is 0 Å². The molecule has 1 unspecified atom stereocenters. The van der Waals surface area contributed by atoms with Crippen molar-refractivity contribution in [3.8, 4) is 0 Å². The van der Waals surface area contributed by atoms with Crippen molar-refractivity contribution < 1.29 is 14.7 Å². The minimum atomic E-state index is -0.237. The molecule has 1 atom stereocenters. The van der Waals surface area contributed by atoms with Crippen LogP contribution in [0, 0.1) is 5.41 Å². The van der Waals surface area contributed by atoms with Gasteiger partial charge in [-0.25, -0.2) is 0 Å². The Balaban J connectivity index is 2.83. The molecule has 0 aliphatic rings. The van der Waals surface area contributed by atoms with Crippen LogP contribution in [0.15, 0.2) is 24.3 Å². The number of nitrogens with zero attached hydrogens (tertiary/aromatic N) is 1. The van der Waals surface area contributed by atoms with Crippen LogP contribution >= 0.6 is 0 Å². The zero-order chi connectivity index (χ0) is 17.6. The maximum atomic E-state index is 12.5. The van der Waals surface area contributed by atoms with Crippen LogP contribution in [0.2, 0.25) is 0 Å². The molecule has 0 aromatic heterocycles. The molecule has 2 amide bonds. The summed E-state index contributed by atoms with van der Waals surface area (Å²) in [4.78, 5) is 26.3. The molecule has 0 saturated heterocycles. The van der Waals surface area contributed by atoms with E-state index < -0.39 is 0 Å². The summed E-state index contributed by atoms with van der Waals surface area (Å²) in [7, 11) is 1.77. The van der Waals surface area contributed by atoms with Crippen molar-refractivity contribution in [2.45, 2.75) is 40.2 Å². The Bertz CT molecular complexity index is 549. The van der Waals surface area contributed by atoms with E-state index in [9.17, 15) is 9.59 Å². The highest BCUT2D eigenvalue weighted by Gasteiger charge is 2.20. The van der Waals surface area contributed by atoms with E-state index in [-0.39, 0.29) is 29.9 Å². The average Bonchev–Trinajstić information content (AvgIpc) is 2.45. The van der Waals surface area contributed by atoms with Crippen LogP contribution < -0.4 is 5.32 Å². The van der Waals surface area contributed by atoms with Crippen LogP contribution in [0.4, 0.5) is 0 Å². The van der Waals surface area contributed by atoms with Crippen LogP contribution in [0.3, 0.4) is 0 Å². The van der Waals surface area contributed by atoms with Gasteiger partial charge in [0.2, 0.25) is 0 Å². The molecule has 1 aromatic rings. The number of hydrogen-bond acceptors (Lipinski definition) is 3. The molecule has 0 radical (unpaired) electrons. The number of aliphatic hydroxyl groups is 1. The van der Waals surface area contributed by atoms with Crippen molar-refractivity contribution in [3.05, 3.63) is 35.4 Å². The molecule has 1 aromatic carbocycles. The predicted molar refractivity (Wildman–Crippen MR) is 91.5 cm³/mol. The maximum absolute atomic E-state index is 12.5. The van der Waals surface area contributed by atoms with Crippen molar-refractivity contribution in [1.29, 1.82) is 0 Å². The summed E-state index contributed by atoms with van der Waals surface area (Å²) < 4.78 is 0. The first-order chi connectivity index (χ1) is 10.6. The van der Waals surface area contributed by atoms with Gasteiger partial charge < -0.3 is 15.3 Å². The van der Waals surface area contributed by atoms with Crippen molar-refractivity contribution in [2.24, 2.45) is 5.41 Å². The number of carbonyl (C=O) groups excluding carboxylic acids is 2. The lowest BCUT2D eigenvalue weighted by molar-refractivity contribution is 0.0745. The molecule has 1 rings (SSSR count). The zero-order valence-electron chi connectivity index (χ0n) is 14.7. The molecule has 0 fully saturated rings. The molecule has 5 nitrogen and oxygen atoms in total. The molecular weight excluding hydrogens is 292 g/mol. The van der Waals surface area contributed by atoms with Gasteiger partial charge in [0.25, 0.3) is 11.8 Å². The normalized spacial score (nSPS) is 12.6. The average molecular weight is 320 g/mol. The van der Waals surface area contributed by atoms with Gasteiger partial charge in [-0.15, -0.1) is 0 Å². The molecular formula is C18H28N2O3. The quantitative estimate of drug-likeness (QED) is 0.845. The Morgan fingerprint density at radius 1 is 1.26 bits per heavy atom. The third-order valence-corrected chi connectivity index (χ3v) is 3.37. The number of amides is 2. The number of carbonyl (C=O) groups is 2. The largest absolute Gasteiger partial charge is 0.396 e. The van der Waals surface area contributed by atoms with E-state index in [1.54, 1.807) is 36.2 Å². The van der Waals surface area contributed by atoms with Crippen molar-refractivity contribution in [2.75, 3.05) is 20.2 Å². The molecule has 0 spiro atoms. The zero-order valence-corrected chi connectivity index (χ0v) is 14.7. The van der Waals surface area contributed by atoms with Gasteiger partial charge in [-0.1, -0.05) is 26.8 Å². The summed E-state index contributed by atoms with van der Waals surface area (Å²) in [5.74, 6) is -0.336. The lowest BCUT2D eigenvalue weighted by Gasteiger charge is -2.26. The summed E-state index contributed by atoms with van der Waals surface area (Å²) in [6.45, 7) is 8.71. The highest BCUT2D eigenvalue weighted by atomic mass is 16.3. The number of rotatable bonds is 6. The van der Waals surface area contributed by atoms with Crippen LogP contribution in [-0.4, -0.2) is 48.1 Å². The van der Waals surface area contributed by atoms with Crippen molar-refractivity contribution in [1.82, 2.24) is 10.2 Å². The standard InChI is InChI=1S/C18H28N2O3/c1-13(9-10-21)19-16(22)14-7-6-8-15(11-14)17(23)20(5)12-18(2,3)4/h6-8,11,13,21H,9-10,12H2,1-5H3,(H,19,22). The summed E-state index contributed by atoms with van der Waals surface area (Å²) in [5.41, 5.74) is 0.961. The van der Waals surface area contributed by atoms with E-state index >= 15 is 0 Å². The maximum Gasteiger partial charge on any atom is 0.253 e. The van der Waals surface area contributed by atoms with E-state index in [0.29, 0.717) is 24.1 Å². The summed E-state index contributed by atoms with van der Waals surface area (Å²) >= 11 is 0. The van der Waals surface area contributed by atoms with E-state index in [2.05, 4.69) is 26.1 Å². The first-order valence-electron chi connectivity index (χ1n) is 7.91. The Kier molecular flexibility index (Phi) is 6.76. The minimum absolute atomic E-state index is 0.0130. The number of hydrogen-bond donors (Lipinski definition) is 2. The summed E-state index contributed by atoms with van der Waals surface area (Å²) in [6.07, 6.45) is 0.499. The van der Waals surface area contributed by atoms with E-state index in [1.165, 1.54) is 0 Å². The molecule has 0 aliphatic heterocycles. The molecule has 2 N–H and O–H groups in total. The topological polar surface area (TPSA) is 69.6 Å². The molecule has 5 heteroatoms. The van der Waals surface area contributed by atoms with Crippen LogP contribution in [-0.2, 0) is 0 Å². The van der Waals surface area contributed by atoms with Gasteiger partial charge in [0.1, 0.15) is 0 Å². The summed E-state index contributed by atoms with van der Waals surface area (Å²) in [6, 6.07) is 6.61. The fourth-order valence-corrected chi connectivity index (χ4v) is 2.37. The van der Waals surface area contributed by atoms with Crippen molar-refractivity contribution >= 4 is 11.8 Å². The molecule has 0 heterocycles. The Labute approximate surface area is 138 Å². The second-order valence-electron chi connectivity index (χ2n) is 7.19. The van der Waals surface area contributed by atoms with Crippen LogP contribution in [0.5, 0.6) is 0 Å². The highest BCUT2D eigenvalue weighted by molar-refractivity contribution is 5.99. The number of aliphatic hydroxyl groups excluding tert-OH is 1. The predicted octanol–water partition coefficient (Wildman–Crippen LogP) is 2.31. The van der Waals surface area contributed by atoms with Gasteiger partial charge in [0, 0.05) is 37.4 Å². The van der Waals surface area contributed by atoms with Crippen LogP contribution in [0.1, 0.15) is 54.8 Å². The highest BCUT2D eigenvalue weighted by Crippen LogP contribution is 2.16. The first kappa shape index (κ1) is 19.2.